The molecule has 1 fully saturated rings. The lowest BCUT2D eigenvalue weighted by Gasteiger charge is -2.45. The topological polar surface area (TPSA) is 68.8 Å². The van der Waals surface area contributed by atoms with Gasteiger partial charge < -0.3 is 4.90 Å². The average molecular weight is 448 g/mol. The number of piperidine rings is 1. The molecule has 2 atom stereocenters. The van der Waals surface area contributed by atoms with Crippen molar-refractivity contribution in [2.75, 3.05) is 0 Å². The van der Waals surface area contributed by atoms with E-state index in [0.717, 1.165) is 42.0 Å². The molecule has 0 saturated carbocycles. The molecule has 1 saturated heterocycles. The Hall–Kier alpha value is -3.62. The molecule has 7 nitrogen and oxygen atoms in total. The van der Waals surface area contributed by atoms with Gasteiger partial charge in [0.25, 0.3) is 5.91 Å². The maximum atomic E-state index is 14.0. The number of carbonyl (C=O) groups is 1. The van der Waals surface area contributed by atoms with Crippen LogP contribution < -0.4 is 0 Å². The summed E-state index contributed by atoms with van der Waals surface area (Å²) in [6.45, 7) is 0. The van der Waals surface area contributed by atoms with E-state index in [2.05, 4.69) is 10.1 Å². The largest absolute Gasteiger partial charge is 0.325 e. The molecule has 0 N–H and O–H groups in total. The number of benzene rings is 1. The number of amides is 1. The molecule has 1 aromatic carbocycles. The van der Waals surface area contributed by atoms with E-state index in [1.165, 1.54) is 12.1 Å². The van der Waals surface area contributed by atoms with E-state index >= 15 is 0 Å². The van der Waals surface area contributed by atoms with Gasteiger partial charge >= 0.3 is 0 Å². The van der Waals surface area contributed by atoms with Crippen molar-refractivity contribution in [3.05, 3.63) is 65.1 Å². The number of carbonyl (C=O) groups excluding carboxylic acids is 1. The Balaban J connectivity index is 1.46. The number of halogens is 2. The quantitative estimate of drug-likeness (QED) is 0.466. The SMILES string of the molecule is Cn1nc2c(c1-c1cc(F)cc(F)c1)CC1CCCC2N1C(=O)c1nn(C)c2ncccc12. The number of aromatic nitrogens is 5. The summed E-state index contributed by atoms with van der Waals surface area (Å²) in [5.41, 5.74) is 4.00. The molecule has 168 valence electrons. The van der Waals surface area contributed by atoms with Crippen LogP contribution in [0.3, 0.4) is 0 Å². The summed E-state index contributed by atoms with van der Waals surface area (Å²) in [6, 6.07) is 6.98. The standard InChI is InChI=1S/C24H22F2N6O/c1-30-22(13-9-14(25)11-15(26)10-13)18-12-16-5-3-7-19(20(18)28-30)32(16)24(33)21-17-6-4-8-27-23(17)31(2)29-21/h4,6,8-11,16,19H,3,5,7,12H2,1-2H3. The third kappa shape index (κ3) is 2.98. The van der Waals surface area contributed by atoms with E-state index in [0.29, 0.717) is 29.0 Å². The van der Waals surface area contributed by atoms with Gasteiger partial charge in [0, 0.05) is 43.5 Å². The van der Waals surface area contributed by atoms with Gasteiger partial charge in [-0.1, -0.05) is 0 Å². The minimum Gasteiger partial charge on any atom is -0.325 e. The van der Waals surface area contributed by atoms with E-state index in [4.69, 9.17) is 5.10 Å². The molecule has 6 rings (SSSR count). The van der Waals surface area contributed by atoms with Gasteiger partial charge in [-0.05, 0) is 49.9 Å². The molecule has 1 amide bonds. The molecule has 33 heavy (non-hydrogen) atoms. The number of aryl methyl sites for hydroxylation is 2. The zero-order valence-corrected chi connectivity index (χ0v) is 18.3. The smallest absolute Gasteiger partial charge is 0.275 e. The zero-order valence-electron chi connectivity index (χ0n) is 18.3. The van der Waals surface area contributed by atoms with Crippen LogP contribution in [-0.4, -0.2) is 41.4 Å². The molecule has 2 bridgehead atoms. The van der Waals surface area contributed by atoms with Crippen molar-refractivity contribution in [1.29, 1.82) is 0 Å². The van der Waals surface area contributed by atoms with Crippen molar-refractivity contribution in [2.24, 2.45) is 14.1 Å². The monoisotopic (exact) mass is 448 g/mol. The van der Waals surface area contributed by atoms with Crippen molar-refractivity contribution in [3.8, 4) is 11.3 Å². The Morgan fingerprint density at radius 1 is 1.06 bits per heavy atom. The van der Waals surface area contributed by atoms with Gasteiger partial charge in [0.15, 0.2) is 11.3 Å². The third-order valence-corrected chi connectivity index (χ3v) is 6.85. The first-order valence-corrected chi connectivity index (χ1v) is 11.0. The highest BCUT2D eigenvalue weighted by Gasteiger charge is 2.44. The Bertz CT molecular complexity index is 1400. The van der Waals surface area contributed by atoms with Crippen LogP contribution in [0.15, 0.2) is 36.5 Å². The Labute approximate surface area is 188 Å². The van der Waals surface area contributed by atoms with Gasteiger partial charge in [-0.3, -0.25) is 9.48 Å². The van der Waals surface area contributed by atoms with E-state index in [1.54, 1.807) is 35.7 Å². The van der Waals surface area contributed by atoms with E-state index < -0.39 is 11.6 Å². The highest BCUT2D eigenvalue weighted by Crippen LogP contribution is 2.45. The van der Waals surface area contributed by atoms with Gasteiger partial charge in [-0.15, -0.1) is 0 Å². The highest BCUT2D eigenvalue weighted by molar-refractivity contribution is 6.04. The molecule has 2 unspecified atom stereocenters. The second kappa shape index (κ2) is 7.19. The summed E-state index contributed by atoms with van der Waals surface area (Å²) in [6.07, 6.45) is 4.90. The Morgan fingerprint density at radius 2 is 1.85 bits per heavy atom. The second-order valence-corrected chi connectivity index (χ2v) is 8.86. The van der Waals surface area contributed by atoms with Crippen LogP contribution in [0.1, 0.15) is 47.1 Å². The normalized spacial score (nSPS) is 19.7. The highest BCUT2D eigenvalue weighted by atomic mass is 19.1. The molecule has 4 aromatic rings. The number of pyridine rings is 1. The first-order chi connectivity index (χ1) is 15.9. The molecule has 9 heteroatoms. The van der Waals surface area contributed by atoms with Crippen LogP contribution in [-0.2, 0) is 20.5 Å². The van der Waals surface area contributed by atoms with Crippen molar-refractivity contribution in [3.63, 3.8) is 0 Å². The first kappa shape index (κ1) is 20.0. The van der Waals surface area contributed by atoms with E-state index in [-0.39, 0.29) is 18.0 Å². The van der Waals surface area contributed by atoms with Crippen molar-refractivity contribution >= 4 is 16.9 Å². The molecule has 0 radical (unpaired) electrons. The van der Waals surface area contributed by atoms with E-state index in [1.807, 2.05) is 11.0 Å². The summed E-state index contributed by atoms with van der Waals surface area (Å²) < 4.78 is 31.2. The maximum absolute atomic E-state index is 14.0. The summed E-state index contributed by atoms with van der Waals surface area (Å²) in [5.74, 6) is -1.37. The fourth-order valence-corrected chi connectivity index (χ4v) is 5.57. The molecular weight excluding hydrogens is 426 g/mol. The molecule has 5 heterocycles. The summed E-state index contributed by atoms with van der Waals surface area (Å²) in [4.78, 5) is 20.1. The minimum atomic E-state index is -0.622. The number of rotatable bonds is 2. The predicted octanol–water partition coefficient (Wildman–Crippen LogP) is 3.94. The average Bonchev–Trinajstić information content (AvgIpc) is 3.29. The van der Waals surface area contributed by atoms with Crippen LogP contribution in [0, 0.1) is 11.6 Å². The van der Waals surface area contributed by atoms with Crippen LogP contribution in [0.5, 0.6) is 0 Å². The first-order valence-electron chi connectivity index (χ1n) is 11.0. The molecule has 2 aliphatic rings. The number of fused-ring (bicyclic) bond motifs is 5. The van der Waals surface area contributed by atoms with Crippen molar-refractivity contribution in [1.82, 2.24) is 29.4 Å². The van der Waals surface area contributed by atoms with Crippen LogP contribution >= 0.6 is 0 Å². The van der Waals surface area contributed by atoms with Gasteiger partial charge in [0.1, 0.15) is 11.6 Å². The van der Waals surface area contributed by atoms with Crippen molar-refractivity contribution < 1.29 is 13.6 Å². The van der Waals surface area contributed by atoms with Crippen molar-refractivity contribution in [2.45, 2.75) is 37.8 Å². The Kier molecular flexibility index (Phi) is 4.36. The fourth-order valence-electron chi connectivity index (χ4n) is 5.57. The summed E-state index contributed by atoms with van der Waals surface area (Å²) in [5, 5.41) is 9.96. The van der Waals surface area contributed by atoms with Gasteiger partial charge in [-0.2, -0.15) is 10.2 Å². The lowest BCUT2D eigenvalue weighted by atomic mass is 9.81. The maximum Gasteiger partial charge on any atom is 0.275 e. The third-order valence-electron chi connectivity index (χ3n) is 6.85. The van der Waals surface area contributed by atoms with Crippen LogP contribution in [0.4, 0.5) is 8.78 Å². The lowest BCUT2D eigenvalue weighted by molar-refractivity contribution is 0.0387. The molecule has 0 aliphatic carbocycles. The van der Waals surface area contributed by atoms with Gasteiger partial charge in [-0.25, -0.2) is 18.4 Å². The summed E-state index contributed by atoms with van der Waals surface area (Å²) in [7, 11) is 3.56. The van der Waals surface area contributed by atoms with Crippen LogP contribution in [0.25, 0.3) is 22.3 Å². The minimum absolute atomic E-state index is 0.0289. The molecule has 0 spiro atoms. The molecule has 3 aromatic heterocycles. The number of nitrogens with zero attached hydrogens (tertiary/aromatic N) is 6. The van der Waals surface area contributed by atoms with Gasteiger partial charge in [0.2, 0.25) is 0 Å². The predicted molar refractivity (Wildman–Crippen MR) is 117 cm³/mol. The number of hydrogen-bond donors (Lipinski definition) is 0. The lowest BCUT2D eigenvalue weighted by Crippen LogP contribution is -2.50. The second-order valence-electron chi connectivity index (χ2n) is 8.86. The molecular formula is C24H22F2N6O. The van der Waals surface area contributed by atoms with Crippen LogP contribution in [0.2, 0.25) is 0 Å². The summed E-state index contributed by atoms with van der Waals surface area (Å²) >= 11 is 0. The zero-order chi connectivity index (χ0) is 22.9. The fraction of sp³-hybridized carbons (Fsp3) is 0.333. The molecule has 2 aliphatic heterocycles. The number of hydrogen-bond acceptors (Lipinski definition) is 4. The van der Waals surface area contributed by atoms with Gasteiger partial charge in [0.05, 0.1) is 22.8 Å². The Morgan fingerprint density at radius 3 is 2.64 bits per heavy atom. The van der Waals surface area contributed by atoms with E-state index in [9.17, 15) is 13.6 Å².